The molecular formula is C19H22ClN5S. The van der Waals surface area contributed by atoms with Gasteiger partial charge in [0.05, 0.1) is 0 Å². The fraction of sp³-hybridized carbons (Fsp3) is 0.421. The molecule has 136 valence electrons. The Kier molecular flexibility index (Phi) is 5.22. The molecule has 0 saturated heterocycles. The molecule has 0 radical (unpaired) electrons. The molecule has 7 heteroatoms. The Hall–Kier alpha value is -1.92. The summed E-state index contributed by atoms with van der Waals surface area (Å²) in [5.41, 5.74) is 2.65. The van der Waals surface area contributed by atoms with Crippen molar-refractivity contribution < 1.29 is 0 Å². The number of hydrogen-bond donors (Lipinski definition) is 2. The molecule has 0 bridgehead atoms. The minimum atomic E-state index is 0.411. The van der Waals surface area contributed by atoms with Crippen LogP contribution in [-0.4, -0.2) is 21.1 Å². The first kappa shape index (κ1) is 17.5. The summed E-state index contributed by atoms with van der Waals surface area (Å²) in [6, 6.07) is 10.7. The van der Waals surface area contributed by atoms with Gasteiger partial charge in [0.1, 0.15) is 11.0 Å². The Labute approximate surface area is 164 Å². The summed E-state index contributed by atoms with van der Waals surface area (Å²) in [7, 11) is 0. The topological polar surface area (TPSA) is 53.1 Å². The van der Waals surface area contributed by atoms with Gasteiger partial charge in [0.2, 0.25) is 5.95 Å². The molecule has 1 aromatic carbocycles. The van der Waals surface area contributed by atoms with E-state index in [9.17, 15) is 0 Å². The van der Waals surface area contributed by atoms with Gasteiger partial charge in [-0.05, 0) is 36.2 Å². The van der Waals surface area contributed by atoms with Crippen LogP contribution >= 0.6 is 23.8 Å². The molecule has 2 heterocycles. The number of hydrogen-bond acceptors (Lipinski definition) is 4. The lowest BCUT2D eigenvalue weighted by Crippen LogP contribution is -2.39. The zero-order chi connectivity index (χ0) is 17.9. The number of nitrogens with one attached hydrogen (secondary N) is 2. The third-order valence-electron chi connectivity index (χ3n) is 5.01. The number of halogens is 1. The molecule has 1 aliphatic carbocycles. The molecule has 1 saturated carbocycles. The predicted octanol–water partition coefficient (Wildman–Crippen LogP) is 4.27. The third kappa shape index (κ3) is 4.07. The fourth-order valence-corrected chi connectivity index (χ4v) is 4.12. The molecule has 2 N–H and O–H groups in total. The predicted molar refractivity (Wildman–Crippen MR) is 110 cm³/mol. The van der Waals surface area contributed by atoms with E-state index in [-0.39, 0.29) is 0 Å². The smallest absolute Gasteiger partial charge is 0.232 e. The summed E-state index contributed by atoms with van der Waals surface area (Å²) >= 11 is 11.7. The van der Waals surface area contributed by atoms with Gasteiger partial charge < -0.3 is 15.5 Å². The zero-order valence-corrected chi connectivity index (χ0v) is 16.1. The Bertz CT molecular complexity index is 781. The van der Waals surface area contributed by atoms with Gasteiger partial charge in [-0.25, -0.2) is 4.98 Å². The molecule has 26 heavy (non-hydrogen) atoms. The van der Waals surface area contributed by atoms with Crippen molar-refractivity contribution in [3.63, 3.8) is 0 Å². The lowest BCUT2D eigenvalue weighted by atomic mass is 9.96. The molecule has 1 aliphatic heterocycles. The maximum Gasteiger partial charge on any atom is 0.232 e. The summed E-state index contributed by atoms with van der Waals surface area (Å²) in [4.78, 5) is 11.1. The standard InChI is InChI=1S/C19H22ClN5S/c20-16-10-17(25-11-13-6-4-5-7-14(13)12-25)23-18(22-16)24-19(26)21-15-8-2-1-3-9-15/h4-7,10,15H,1-3,8-9,11-12H2,(H2,21,22,23,24,26). The average molecular weight is 388 g/mol. The van der Waals surface area contributed by atoms with E-state index in [2.05, 4.69) is 49.8 Å². The highest BCUT2D eigenvalue weighted by atomic mass is 35.5. The van der Waals surface area contributed by atoms with Crippen molar-refractivity contribution >= 4 is 40.7 Å². The van der Waals surface area contributed by atoms with Crippen molar-refractivity contribution in [2.45, 2.75) is 51.2 Å². The number of benzene rings is 1. The number of fused-ring (bicyclic) bond motifs is 1. The molecule has 0 atom stereocenters. The van der Waals surface area contributed by atoms with Crippen LogP contribution in [0.1, 0.15) is 43.2 Å². The van der Waals surface area contributed by atoms with Gasteiger partial charge >= 0.3 is 0 Å². The second-order valence-electron chi connectivity index (χ2n) is 6.93. The number of nitrogens with zero attached hydrogens (tertiary/aromatic N) is 3. The highest BCUT2D eigenvalue weighted by Crippen LogP contribution is 2.28. The van der Waals surface area contributed by atoms with Gasteiger partial charge in [-0.1, -0.05) is 55.1 Å². The normalized spacial score (nSPS) is 17.0. The van der Waals surface area contributed by atoms with Crippen LogP contribution in [0.3, 0.4) is 0 Å². The van der Waals surface area contributed by atoms with E-state index in [1.807, 2.05) is 0 Å². The first-order valence-corrected chi connectivity index (χ1v) is 9.90. The second-order valence-corrected chi connectivity index (χ2v) is 7.73. The van der Waals surface area contributed by atoms with Crippen LogP contribution in [0.15, 0.2) is 30.3 Å². The van der Waals surface area contributed by atoms with E-state index >= 15 is 0 Å². The van der Waals surface area contributed by atoms with Crippen LogP contribution in [-0.2, 0) is 13.1 Å². The van der Waals surface area contributed by atoms with E-state index in [0.717, 1.165) is 31.7 Å². The molecule has 1 fully saturated rings. The van der Waals surface area contributed by atoms with Crippen molar-refractivity contribution in [2.75, 3.05) is 10.2 Å². The van der Waals surface area contributed by atoms with Gasteiger partial charge in [-0.3, -0.25) is 0 Å². The Balaban J connectivity index is 1.44. The zero-order valence-electron chi connectivity index (χ0n) is 14.5. The van der Waals surface area contributed by atoms with Gasteiger partial charge in [0.25, 0.3) is 0 Å². The van der Waals surface area contributed by atoms with Crippen LogP contribution in [0.25, 0.3) is 0 Å². The molecule has 0 amide bonds. The van der Waals surface area contributed by atoms with Crippen LogP contribution in [0, 0.1) is 0 Å². The second kappa shape index (κ2) is 7.76. The highest BCUT2D eigenvalue weighted by molar-refractivity contribution is 7.80. The SMILES string of the molecule is S=C(Nc1nc(Cl)cc(N2Cc3ccccc3C2)n1)NC1CCCCC1. The van der Waals surface area contributed by atoms with Crippen molar-refractivity contribution in [3.05, 3.63) is 46.6 Å². The fourth-order valence-electron chi connectivity index (χ4n) is 3.69. The highest BCUT2D eigenvalue weighted by Gasteiger charge is 2.21. The Morgan fingerprint density at radius 2 is 1.77 bits per heavy atom. The molecule has 1 aromatic heterocycles. The molecule has 5 nitrogen and oxygen atoms in total. The number of rotatable bonds is 3. The van der Waals surface area contributed by atoms with Gasteiger partial charge in [0.15, 0.2) is 5.11 Å². The number of thiocarbonyl (C=S) groups is 1. The summed E-state index contributed by atoms with van der Waals surface area (Å²) in [6.45, 7) is 1.65. The number of anilines is 2. The van der Waals surface area contributed by atoms with Crippen molar-refractivity contribution in [3.8, 4) is 0 Å². The molecule has 2 aromatic rings. The lowest BCUT2D eigenvalue weighted by molar-refractivity contribution is 0.414. The Morgan fingerprint density at radius 3 is 2.46 bits per heavy atom. The molecule has 0 spiro atoms. The van der Waals surface area contributed by atoms with Gasteiger partial charge in [-0.15, -0.1) is 0 Å². The van der Waals surface area contributed by atoms with Crippen LogP contribution < -0.4 is 15.5 Å². The molecule has 2 aliphatic rings. The number of aromatic nitrogens is 2. The van der Waals surface area contributed by atoms with E-state index in [0.29, 0.717) is 22.3 Å². The summed E-state index contributed by atoms with van der Waals surface area (Å²) in [6.07, 6.45) is 6.16. The minimum Gasteiger partial charge on any atom is -0.360 e. The van der Waals surface area contributed by atoms with Crippen molar-refractivity contribution in [1.82, 2.24) is 15.3 Å². The van der Waals surface area contributed by atoms with E-state index in [4.69, 9.17) is 23.8 Å². The molecular weight excluding hydrogens is 366 g/mol. The van der Waals surface area contributed by atoms with Gasteiger partial charge in [-0.2, -0.15) is 4.98 Å². The monoisotopic (exact) mass is 387 g/mol. The van der Waals surface area contributed by atoms with Crippen molar-refractivity contribution in [1.29, 1.82) is 0 Å². The minimum absolute atomic E-state index is 0.411. The summed E-state index contributed by atoms with van der Waals surface area (Å²) in [5.74, 6) is 1.25. The van der Waals surface area contributed by atoms with E-state index in [1.54, 1.807) is 6.07 Å². The van der Waals surface area contributed by atoms with Crippen molar-refractivity contribution in [2.24, 2.45) is 0 Å². The van der Waals surface area contributed by atoms with Crippen LogP contribution in [0.4, 0.5) is 11.8 Å². The van der Waals surface area contributed by atoms with Crippen LogP contribution in [0.5, 0.6) is 0 Å². The van der Waals surface area contributed by atoms with Crippen LogP contribution in [0.2, 0.25) is 5.15 Å². The third-order valence-corrected chi connectivity index (χ3v) is 5.43. The first-order valence-electron chi connectivity index (χ1n) is 9.11. The first-order chi connectivity index (χ1) is 12.7. The summed E-state index contributed by atoms with van der Waals surface area (Å²) < 4.78 is 0. The quantitative estimate of drug-likeness (QED) is 0.606. The maximum atomic E-state index is 6.23. The summed E-state index contributed by atoms with van der Waals surface area (Å²) in [5, 5.41) is 7.45. The van der Waals surface area contributed by atoms with E-state index in [1.165, 1.54) is 30.4 Å². The van der Waals surface area contributed by atoms with Gasteiger partial charge in [0, 0.05) is 25.2 Å². The average Bonchev–Trinajstić information content (AvgIpc) is 3.06. The Morgan fingerprint density at radius 1 is 1.08 bits per heavy atom. The molecule has 4 rings (SSSR count). The largest absolute Gasteiger partial charge is 0.360 e. The van der Waals surface area contributed by atoms with E-state index < -0.39 is 0 Å². The lowest BCUT2D eigenvalue weighted by Gasteiger charge is -2.24. The molecule has 0 unspecified atom stereocenters. The maximum absolute atomic E-state index is 6.23.